The number of benzene rings is 2. The Bertz CT molecular complexity index is 626. The summed E-state index contributed by atoms with van der Waals surface area (Å²) >= 11 is 0. The summed E-state index contributed by atoms with van der Waals surface area (Å²) in [6, 6.07) is 11.9. The molecule has 0 unspecified atom stereocenters. The normalized spacial score (nSPS) is 10.2. The van der Waals surface area contributed by atoms with Gasteiger partial charge >= 0.3 is 6.03 Å². The maximum absolute atomic E-state index is 13.4. The van der Waals surface area contributed by atoms with Crippen molar-refractivity contribution in [2.24, 2.45) is 0 Å². The van der Waals surface area contributed by atoms with Gasteiger partial charge in [0.2, 0.25) is 0 Å². The molecule has 2 N–H and O–H groups in total. The lowest BCUT2D eigenvalue weighted by atomic mass is 10.1. The predicted octanol–water partition coefficient (Wildman–Crippen LogP) is 3.76. The number of nitrogens with one attached hydrogen (secondary N) is 2. The first-order chi connectivity index (χ1) is 9.56. The molecule has 0 saturated carbocycles. The number of anilines is 1. The van der Waals surface area contributed by atoms with Crippen molar-refractivity contribution in [3.05, 3.63) is 65.0 Å². The van der Waals surface area contributed by atoms with Crippen LogP contribution in [-0.4, -0.2) is 6.03 Å². The Balaban J connectivity index is 1.96. The van der Waals surface area contributed by atoms with Crippen LogP contribution >= 0.6 is 0 Å². The minimum atomic E-state index is -0.345. The molecule has 0 bridgehead atoms. The lowest BCUT2D eigenvalue weighted by molar-refractivity contribution is 0.251. The second-order valence-electron chi connectivity index (χ2n) is 4.72. The number of rotatable bonds is 3. The Morgan fingerprint density at radius 2 is 1.90 bits per heavy atom. The van der Waals surface area contributed by atoms with Crippen molar-refractivity contribution in [2.75, 3.05) is 5.32 Å². The summed E-state index contributed by atoms with van der Waals surface area (Å²) in [6.45, 7) is 4.04. The maximum Gasteiger partial charge on any atom is 0.319 e. The van der Waals surface area contributed by atoms with Crippen LogP contribution in [0.15, 0.2) is 42.5 Å². The Labute approximate surface area is 117 Å². The van der Waals surface area contributed by atoms with E-state index in [9.17, 15) is 9.18 Å². The number of aryl methyl sites for hydroxylation is 2. The highest BCUT2D eigenvalue weighted by atomic mass is 19.1. The van der Waals surface area contributed by atoms with Crippen LogP contribution < -0.4 is 10.6 Å². The van der Waals surface area contributed by atoms with Gasteiger partial charge in [-0.15, -0.1) is 0 Å². The van der Waals surface area contributed by atoms with Crippen LogP contribution in [0.4, 0.5) is 14.9 Å². The number of urea groups is 1. The Morgan fingerprint density at radius 3 is 2.65 bits per heavy atom. The zero-order chi connectivity index (χ0) is 14.5. The number of amides is 2. The van der Waals surface area contributed by atoms with Crippen molar-refractivity contribution in [3.8, 4) is 0 Å². The van der Waals surface area contributed by atoms with Crippen LogP contribution in [0.3, 0.4) is 0 Å². The molecule has 2 aromatic carbocycles. The van der Waals surface area contributed by atoms with Crippen molar-refractivity contribution < 1.29 is 9.18 Å². The van der Waals surface area contributed by atoms with Crippen LogP contribution in [0.5, 0.6) is 0 Å². The van der Waals surface area contributed by atoms with Gasteiger partial charge in [0.15, 0.2) is 0 Å². The molecule has 2 amide bonds. The third-order valence-electron chi connectivity index (χ3n) is 3.04. The predicted molar refractivity (Wildman–Crippen MR) is 78.2 cm³/mol. The lowest BCUT2D eigenvalue weighted by Crippen LogP contribution is -2.28. The molecule has 0 aliphatic rings. The zero-order valence-electron chi connectivity index (χ0n) is 11.5. The molecule has 0 saturated heterocycles. The fourth-order valence-corrected chi connectivity index (χ4v) is 1.85. The van der Waals surface area contributed by atoms with Gasteiger partial charge in [-0.05, 0) is 37.1 Å². The SMILES string of the molecule is Cc1ccc(C)c(NC(=O)NCc2ccccc2F)c1. The molecule has 4 heteroatoms. The van der Waals surface area contributed by atoms with Crippen molar-refractivity contribution in [1.29, 1.82) is 0 Å². The highest BCUT2D eigenvalue weighted by Crippen LogP contribution is 2.16. The van der Waals surface area contributed by atoms with E-state index in [0.29, 0.717) is 5.56 Å². The smallest absolute Gasteiger partial charge is 0.319 e. The van der Waals surface area contributed by atoms with E-state index in [-0.39, 0.29) is 18.4 Å². The number of halogens is 1. The molecule has 0 atom stereocenters. The molecule has 0 aliphatic carbocycles. The molecular formula is C16H17FN2O. The van der Waals surface area contributed by atoms with Crippen molar-refractivity contribution >= 4 is 11.7 Å². The minimum absolute atomic E-state index is 0.156. The highest BCUT2D eigenvalue weighted by molar-refractivity contribution is 5.90. The molecule has 3 nitrogen and oxygen atoms in total. The minimum Gasteiger partial charge on any atom is -0.334 e. The van der Waals surface area contributed by atoms with Crippen LogP contribution in [0.1, 0.15) is 16.7 Å². The molecule has 0 aliphatic heterocycles. The average Bonchev–Trinajstić information content (AvgIpc) is 2.42. The standard InChI is InChI=1S/C16H17FN2O/c1-11-7-8-12(2)15(9-11)19-16(20)18-10-13-5-3-4-6-14(13)17/h3-9H,10H2,1-2H3,(H2,18,19,20). The summed E-state index contributed by atoms with van der Waals surface area (Å²) in [6.07, 6.45) is 0. The molecule has 2 rings (SSSR count). The van der Waals surface area contributed by atoms with E-state index >= 15 is 0 Å². The van der Waals surface area contributed by atoms with E-state index in [1.165, 1.54) is 6.07 Å². The average molecular weight is 272 g/mol. The summed E-state index contributed by atoms with van der Waals surface area (Å²) in [5, 5.41) is 5.41. The topological polar surface area (TPSA) is 41.1 Å². The van der Waals surface area contributed by atoms with Crippen LogP contribution in [-0.2, 0) is 6.54 Å². The van der Waals surface area contributed by atoms with Crippen LogP contribution in [0, 0.1) is 19.7 Å². The first-order valence-electron chi connectivity index (χ1n) is 6.42. The van der Waals surface area contributed by atoms with E-state index < -0.39 is 0 Å². The summed E-state index contributed by atoms with van der Waals surface area (Å²) in [7, 11) is 0. The zero-order valence-corrected chi connectivity index (χ0v) is 11.5. The van der Waals surface area contributed by atoms with E-state index in [4.69, 9.17) is 0 Å². The summed E-state index contributed by atoms with van der Waals surface area (Å²) in [5.41, 5.74) is 3.27. The number of hydrogen-bond donors (Lipinski definition) is 2. The van der Waals surface area contributed by atoms with E-state index in [1.807, 2.05) is 32.0 Å². The molecule has 0 fully saturated rings. The Kier molecular flexibility index (Phi) is 4.35. The number of carbonyl (C=O) groups is 1. The summed E-state index contributed by atoms with van der Waals surface area (Å²) < 4.78 is 13.4. The number of hydrogen-bond acceptors (Lipinski definition) is 1. The van der Waals surface area contributed by atoms with E-state index in [0.717, 1.165) is 16.8 Å². The van der Waals surface area contributed by atoms with Gasteiger partial charge in [-0.2, -0.15) is 0 Å². The van der Waals surface area contributed by atoms with Gasteiger partial charge in [-0.1, -0.05) is 30.3 Å². The van der Waals surface area contributed by atoms with Gasteiger partial charge in [0.25, 0.3) is 0 Å². The molecule has 20 heavy (non-hydrogen) atoms. The summed E-state index contributed by atoms with van der Waals surface area (Å²) in [4.78, 5) is 11.8. The first-order valence-corrected chi connectivity index (χ1v) is 6.42. The van der Waals surface area contributed by atoms with Gasteiger partial charge < -0.3 is 10.6 Å². The van der Waals surface area contributed by atoms with Gasteiger partial charge in [0.1, 0.15) is 5.82 Å². The Hall–Kier alpha value is -2.36. The largest absolute Gasteiger partial charge is 0.334 e. The molecule has 0 aromatic heterocycles. The second kappa shape index (κ2) is 6.19. The van der Waals surface area contributed by atoms with Crippen molar-refractivity contribution in [1.82, 2.24) is 5.32 Å². The Morgan fingerprint density at radius 1 is 1.15 bits per heavy atom. The molecule has 104 valence electrons. The maximum atomic E-state index is 13.4. The first kappa shape index (κ1) is 14.1. The van der Waals surface area contributed by atoms with E-state index in [2.05, 4.69) is 10.6 Å². The molecule has 0 spiro atoms. The van der Waals surface area contributed by atoms with Gasteiger partial charge in [0.05, 0.1) is 0 Å². The molecule has 0 radical (unpaired) electrons. The van der Waals surface area contributed by atoms with Gasteiger partial charge in [-0.3, -0.25) is 0 Å². The molecular weight excluding hydrogens is 255 g/mol. The monoisotopic (exact) mass is 272 g/mol. The quantitative estimate of drug-likeness (QED) is 0.877. The second-order valence-corrected chi connectivity index (χ2v) is 4.72. The van der Waals surface area contributed by atoms with Gasteiger partial charge in [0, 0.05) is 17.8 Å². The van der Waals surface area contributed by atoms with Crippen LogP contribution in [0.25, 0.3) is 0 Å². The van der Waals surface area contributed by atoms with E-state index in [1.54, 1.807) is 18.2 Å². The summed E-state index contributed by atoms with van der Waals surface area (Å²) in [5.74, 6) is -0.320. The third-order valence-corrected chi connectivity index (χ3v) is 3.04. The third kappa shape index (κ3) is 3.57. The number of carbonyl (C=O) groups excluding carboxylic acids is 1. The lowest BCUT2D eigenvalue weighted by Gasteiger charge is -2.11. The highest BCUT2D eigenvalue weighted by Gasteiger charge is 2.06. The van der Waals surface area contributed by atoms with Crippen LogP contribution in [0.2, 0.25) is 0 Å². The fourth-order valence-electron chi connectivity index (χ4n) is 1.85. The van der Waals surface area contributed by atoms with Crippen molar-refractivity contribution in [3.63, 3.8) is 0 Å². The van der Waals surface area contributed by atoms with Gasteiger partial charge in [-0.25, -0.2) is 9.18 Å². The molecule has 0 heterocycles. The van der Waals surface area contributed by atoms with Crippen molar-refractivity contribution in [2.45, 2.75) is 20.4 Å². The fraction of sp³-hybridized carbons (Fsp3) is 0.188. The molecule has 2 aromatic rings.